The Balaban J connectivity index is 1.96. The van der Waals surface area contributed by atoms with Crippen LogP contribution in [-0.2, 0) is 0 Å². The zero-order chi connectivity index (χ0) is 26.7. The van der Waals surface area contributed by atoms with Crippen LogP contribution >= 0.6 is 15.9 Å². The molecule has 0 N–H and O–H groups in total. The Morgan fingerprint density at radius 1 is 1.08 bits per heavy atom. The van der Waals surface area contributed by atoms with Crippen molar-refractivity contribution in [2.75, 3.05) is 7.11 Å². The number of hydrogen-bond donors (Lipinski definition) is 0. The first-order valence-corrected chi connectivity index (χ1v) is 13.2. The van der Waals surface area contributed by atoms with Crippen LogP contribution in [0, 0.1) is 6.92 Å². The molecule has 7 heteroatoms. The molecule has 37 heavy (non-hydrogen) atoms. The maximum absolute atomic E-state index is 13.7. The molecule has 4 rings (SSSR count). The van der Waals surface area contributed by atoms with Crippen LogP contribution in [0.25, 0.3) is 22.3 Å². The first kappa shape index (κ1) is 26.6. The van der Waals surface area contributed by atoms with E-state index in [0.717, 1.165) is 38.9 Å². The standard InChI is InChI=1S/C30H32BrN3O3/c1-7-20(5)37-27-13-12-22(31)15-21(27)17-32-34-29(33-26-11-9-8-10-23(26)30(34)35)25-16-24(18(2)3)28(36-6)14-19(25)4/h8-18,20H,7H2,1-6H3/t20-/m1/s1. The molecule has 0 saturated carbocycles. The second-order valence-electron chi connectivity index (χ2n) is 9.40. The molecule has 192 valence electrons. The Morgan fingerprint density at radius 3 is 2.54 bits per heavy atom. The van der Waals surface area contributed by atoms with E-state index in [1.54, 1.807) is 19.4 Å². The van der Waals surface area contributed by atoms with E-state index < -0.39 is 0 Å². The molecular weight excluding hydrogens is 530 g/mol. The molecule has 1 atom stereocenters. The largest absolute Gasteiger partial charge is 0.496 e. The lowest BCUT2D eigenvalue weighted by atomic mass is 9.96. The number of rotatable bonds is 8. The maximum atomic E-state index is 13.7. The minimum absolute atomic E-state index is 0.0466. The topological polar surface area (TPSA) is 65.7 Å². The summed E-state index contributed by atoms with van der Waals surface area (Å²) in [5.74, 6) is 2.21. The van der Waals surface area contributed by atoms with Crippen molar-refractivity contribution >= 4 is 33.0 Å². The maximum Gasteiger partial charge on any atom is 0.282 e. The highest BCUT2D eigenvalue weighted by molar-refractivity contribution is 9.10. The zero-order valence-electron chi connectivity index (χ0n) is 22.1. The highest BCUT2D eigenvalue weighted by Crippen LogP contribution is 2.34. The summed E-state index contributed by atoms with van der Waals surface area (Å²) in [5, 5.41) is 5.18. The van der Waals surface area contributed by atoms with Gasteiger partial charge >= 0.3 is 0 Å². The molecule has 0 aliphatic heterocycles. The van der Waals surface area contributed by atoms with Gasteiger partial charge in [0.05, 0.1) is 30.3 Å². The summed E-state index contributed by atoms with van der Waals surface area (Å²) >= 11 is 3.54. The van der Waals surface area contributed by atoms with Crippen LogP contribution in [0.15, 0.2) is 69.0 Å². The number of methoxy groups -OCH3 is 1. The summed E-state index contributed by atoms with van der Waals surface area (Å²) in [6.07, 6.45) is 2.58. The van der Waals surface area contributed by atoms with Crippen LogP contribution in [0.1, 0.15) is 56.7 Å². The highest BCUT2D eigenvalue weighted by Gasteiger charge is 2.18. The van der Waals surface area contributed by atoms with Crippen molar-refractivity contribution in [3.63, 3.8) is 0 Å². The number of halogens is 1. The van der Waals surface area contributed by atoms with E-state index in [-0.39, 0.29) is 17.6 Å². The molecule has 6 nitrogen and oxygen atoms in total. The minimum Gasteiger partial charge on any atom is -0.496 e. The molecule has 4 aromatic rings. The SMILES string of the molecule is CC[C@@H](C)Oc1ccc(Br)cc1C=Nn1c(-c2cc(C(C)C)c(OC)cc2C)nc2ccccc2c1=O. The van der Waals surface area contributed by atoms with Crippen molar-refractivity contribution in [3.8, 4) is 22.9 Å². The smallest absolute Gasteiger partial charge is 0.282 e. The highest BCUT2D eigenvalue weighted by atomic mass is 79.9. The predicted octanol–water partition coefficient (Wildman–Crippen LogP) is 7.33. The second kappa shape index (κ2) is 11.3. The third-order valence-electron chi connectivity index (χ3n) is 6.38. The van der Waals surface area contributed by atoms with Crippen molar-refractivity contribution < 1.29 is 9.47 Å². The van der Waals surface area contributed by atoms with Crippen LogP contribution < -0.4 is 15.0 Å². The van der Waals surface area contributed by atoms with E-state index >= 15 is 0 Å². The van der Waals surface area contributed by atoms with Gasteiger partial charge in [0.1, 0.15) is 11.5 Å². The molecule has 0 unspecified atom stereocenters. The van der Waals surface area contributed by atoms with Crippen LogP contribution in [0.3, 0.4) is 0 Å². The molecule has 1 aromatic heterocycles. The van der Waals surface area contributed by atoms with Crippen LogP contribution in [0.5, 0.6) is 11.5 Å². The molecule has 0 aliphatic carbocycles. The summed E-state index contributed by atoms with van der Waals surface area (Å²) in [7, 11) is 1.67. The van der Waals surface area contributed by atoms with Crippen molar-refractivity contribution in [3.05, 3.63) is 86.1 Å². The van der Waals surface area contributed by atoms with Gasteiger partial charge in [0, 0.05) is 15.6 Å². The van der Waals surface area contributed by atoms with E-state index in [1.807, 2.05) is 56.3 Å². The van der Waals surface area contributed by atoms with E-state index in [0.29, 0.717) is 22.5 Å². The van der Waals surface area contributed by atoms with Crippen LogP contribution in [0.2, 0.25) is 0 Å². The van der Waals surface area contributed by atoms with Gasteiger partial charge in [-0.15, -0.1) is 0 Å². The van der Waals surface area contributed by atoms with Crippen molar-refractivity contribution in [1.29, 1.82) is 0 Å². The molecular formula is C30H32BrN3O3. The van der Waals surface area contributed by atoms with Gasteiger partial charge in [-0.2, -0.15) is 9.78 Å². The lowest BCUT2D eigenvalue weighted by Crippen LogP contribution is -2.21. The van der Waals surface area contributed by atoms with E-state index in [9.17, 15) is 4.79 Å². The van der Waals surface area contributed by atoms with Gasteiger partial charge < -0.3 is 9.47 Å². The van der Waals surface area contributed by atoms with E-state index in [2.05, 4.69) is 47.9 Å². The number of fused-ring (bicyclic) bond motifs is 1. The Hall–Kier alpha value is -3.45. The first-order valence-electron chi connectivity index (χ1n) is 12.4. The number of aryl methyl sites for hydroxylation is 1. The fraction of sp³-hybridized carbons (Fsp3) is 0.300. The summed E-state index contributed by atoms with van der Waals surface area (Å²) in [5.41, 5.74) is 3.95. The van der Waals surface area contributed by atoms with Crippen molar-refractivity contribution in [2.45, 2.75) is 53.1 Å². The molecule has 0 bridgehead atoms. The van der Waals surface area contributed by atoms with Gasteiger partial charge in [-0.25, -0.2) is 4.98 Å². The molecule has 0 fully saturated rings. The van der Waals surface area contributed by atoms with Gasteiger partial charge in [-0.3, -0.25) is 4.79 Å². The van der Waals surface area contributed by atoms with Crippen molar-refractivity contribution in [1.82, 2.24) is 9.66 Å². The summed E-state index contributed by atoms with van der Waals surface area (Å²) in [6.45, 7) is 10.3. The molecule has 0 amide bonds. The molecule has 1 heterocycles. The zero-order valence-corrected chi connectivity index (χ0v) is 23.7. The van der Waals surface area contributed by atoms with Gasteiger partial charge in [-0.1, -0.05) is 48.8 Å². The van der Waals surface area contributed by atoms with Gasteiger partial charge in [-0.05, 0) is 79.8 Å². The number of ether oxygens (including phenoxy) is 2. The molecule has 0 spiro atoms. The number of aromatic nitrogens is 2. The Labute approximate surface area is 226 Å². The molecule has 0 radical (unpaired) electrons. The Bertz CT molecular complexity index is 1530. The van der Waals surface area contributed by atoms with Gasteiger partial charge in [0.2, 0.25) is 0 Å². The van der Waals surface area contributed by atoms with Gasteiger partial charge in [0.15, 0.2) is 5.82 Å². The number of para-hydroxylation sites is 1. The Kier molecular flexibility index (Phi) is 8.13. The third kappa shape index (κ3) is 5.62. The number of hydrogen-bond acceptors (Lipinski definition) is 5. The molecule has 0 aliphatic rings. The Morgan fingerprint density at radius 2 is 1.84 bits per heavy atom. The predicted molar refractivity (Wildman–Crippen MR) is 154 cm³/mol. The average Bonchev–Trinajstić information content (AvgIpc) is 2.89. The number of nitrogens with zero attached hydrogens (tertiary/aromatic N) is 3. The fourth-order valence-electron chi connectivity index (χ4n) is 4.12. The monoisotopic (exact) mass is 561 g/mol. The van der Waals surface area contributed by atoms with Gasteiger partial charge in [0.25, 0.3) is 5.56 Å². The summed E-state index contributed by atoms with van der Waals surface area (Å²) in [4.78, 5) is 18.6. The third-order valence-corrected chi connectivity index (χ3v) is 6.87. The molecule has 3 aromatic carbocycles. The lowest BCUT2D eigenvalue weighted by molar-refractivity contribution is 0.217. The summed E-state index contributed by atoms with van der Waals surface area (Å²) in [6, 6.07) is 17.1. The van der Waals surface area contributed by atoms with E-state index in [1.165, 1.54) is 4.68 Å². The molecule has 0 saturated heterocycles. The second-order valence-corrected chi connectivity index (χ2v) is 10.3. The minimum atomic E-state index is -0.238. The lowest BCUT2D eigenvalue weighted by Gasteiger charge is -2.17. The fourth-order valence-corrected chi connectivity index (χ4v) is 4.50. The average molecular weight is 563 g/mol. The van der Waals surface area contributed by atoms with E-state index in [4.69, 9.17) is 14.5 Å². The quantitative estimate of drug-likeness (QED) is 0.211. The van der Waals surface area contributed by atoms with Crippen molar-refractivity contribution in [2.24, 2.45) is 5.10 Å². The van der Waals surface area contributed by atoms with Crippen LogP contribution in [0.4, 0.5) is 0 Å². The number of benzene rings is 3. The van der Waals surface area contributed by atoms with Crippen LogP contribution in [-0.4, -0.2) is 29.1 Å². The normalized spacial score (nSPS) is 12.4. The summed E-state index contributed by atoms with van der Waals surface area (Å²) < 4.78 is 14.0. The first-order chi connectivity index (χ1) is 17.7.